The molecule has 2 N–H and O–H groups in total. The van der Waals surface area contributed by atoms with Crippen LogP contribution in [-0.2, 0) is 6.18 Å². The van der Waals surface area contributed by atoms with Crippen LogP contribution in [0.3, 0.4) is 0 Å². The lowest BCUT2D eigenvalue weighted by Gasteiger charge is -2.28. The Bertz CT molecular complexity index is 488. The molecular weight excluding hydrogens is 287 g/mol. The molecule has 1 atom stereocenters. The van der Waals surface area contributed by atoms with Gasteiger partial charge in [0.1, 0.15) is 16.5 Å². The molecule has 1 unspecified atom stereocenters. The summed E-state index contributed by atoms with van der Waals surface area (Å²) in [6.07, 6.45) is -2.73. The largest absolute Gasteiger partial charge is 0.433 e. The quantitative estimate of drug-likeness (QED) is 0.847. The molecule has 0 bridgehead atoms. The van der Waals surface area contributed by atoms with Gasteiger partial charge in [-0.2, -0.15) is 13.2 Å². The third kappa shape index (κ3) is 3.82. The number of anilines is 1. The molecule has 1 aromatic rings. The van der Waals surface area contributed by atoms with Crippen LogP contribution >= 0.6 is 12.2 Å². The van der Waals surface area contributed by atoms with Crippen LogP contribution in [-0.4, -0.2) is 23.1 Å². The highest BCUT2D eigenvalue weighted by atomic mass is 32.1. The SMILES string of the molecule is CCCC(C)N(C)c1nc(C(F)(F)F)ccc1C(N)=S. The first-order valence-electron chi connectivity index (χ1n) is 6.29. The first-order valence-corrected chi connectivity index (χ1v) is 6.70. The molecule has 0 saturated heterocycles. The van der Waals surface area contributed by atoms with E-state index in [1.54, 1.807) is 11.9 Å². The van der Waals surface area contributed by atoms with Gasteiger partial charge in [0.2, 0.25) is 0 Å². The normalized spacial score (nSPS) is 13.1. The highest BCUT2D eigenvalue weighted by Crippen LogP contribution is 2.31. The molecule has 3 nitrogen and oxygen atoms in total. The van der Waals surface area contributed by atoms with Crippen molar-refractivity contribution in [3.8, 4) is 0 Å². The van der Waals surface area contributed by atoms with Crippen molar-refractivity contribution in [1.82, 2.24) is 4.98 Å². The van der Waals surface area contributed by atoms with Crippen molar-refractivity contribution in [3.63, 3.8) is 0 Å². The second-order valence-corrected chi connectivity index (χ2v) is 5.12. The molecule has 0 amide bonds. The summed E-state index contributed by atoms with van der Waals surface area (Å²) in [5.41, 5.74) is 4.99. The topological polar surface area (TPSA) is 42.2 Å². The minimum Gasteiger partial charge on any atom is -0.389 e. The molecule has 0 saturated carbocycles. The van der Waals surface area contributed by atoms with Gasteiger partial charge in [-0.1, -0.05) is 25.6 Å². The van der Waals surface area contributed by atoms with Crippen molar-refractivity contribution in [2.75, 3.05) is 11.9 Å². The van der Waals surface area contributed by atoms with Gasteiger partial charge in [0.25, 0.3) is 0 Å². The third-order valence-electron chi connectivity index (χ3n) is 3.13. The Kier molecular flexibility index (Phi) is 5.33. The highest BCUT2D eigenvalue weighted by molar-refractivity contribution is 7.80. The molecule has 0 aliphatic carbocycles. The zero-order valence-corrected chi connectivity index (χ0v) is 12.5. The number of alkyl halides is 3. The van der Waals surface area contributed by atoms with E-state index in [2.05, 4.69) is 4.98 Å². The number of hydrogen-bond donors (Lipinski definition) is 1. The molecule has 0 spiro atoms. The van der Waals surface area contributed by atoms with E-state index in [-0.39, 0.29) is 16.8 Å². The Balaban J connectivity index is 3.28. The fourth-order valence-corrected chi connectivity index (χ4v) is 2.05. The predicted octanol–water partition coefficient (Wildman–Crippen LogP) is 3.36. The second-order valence-electron chi connectivity index (χ2n) is 4.68. The minimum absolute atomic E-state index is 0.0387. The van der Waals surface area contributed by atoms with Crippen molar-refractivity contribution in [3.05, 3.63) is 23.4 Å². The van der Waals surface area contributed by atoms with Crippen molar-refractivity contribution >= 4 is 23.0 Å². The molecule has 7 heteroatoms. The maximum absolute atomic E-state index is 12.8. The summed E-state index contributed by atoms with van der Waals surface area (Å²) in [4.78, 5) is 5.43. The van der Waals surface area contributed by atoms with Crippen molar-refractivity contribution in [1.29, 1.82) is 0 Å². The maximum Gasteiger partial charge on any atom is 0.433 e. The molecule has 0 aliphatic heterocycles. The number of hydrogen-bond acceptors (Lipinski definition) is 3. The second kappa shape index (κ2) is 6.39. The average Bonchev–Trinajstić information content (AvgIpc) is 2.36. The summed E-state index contributed by atoms with van der Waals surface area (Å²) in [5, 5.41) is 0. The summed E-state index contributed by atoms with van der Waals surface area (Å²) in [7, 11) is 1.70. The Morgan fingerprint density at radius 3 is 2.50 bits per heavy atom. The summed E-state index contributed by atoms with van der Waals surface area (Å²) < 4.78 is 38.3. The molecule has 0 aliphatic rings. The maximum atomic E-state index is 12.8. The van der Waals surface area contributed by atoms with Gasteiger partial charge in [-0.3, -0.25) is 0 Å². The third-order valence-corrected chi connectivity index (χ3v) is 3.35. The van der Waals surface area contributed by atoms with Gasteiger partial charge < -0.3 is 10.6 Å². The lowest BCUT2D eigenvalue weighted by atomic mass is 10.1. The van der Waals surface area contributed by atoms with E-state index in [0.29, 0.717) is 5.56 Å². The van der Waals surface area contributed by atoms with E-state index in [9.17, 15) is 13.2 Å². The molecular formula is C13H18F3N3S. The van der Waals surface area contributed by atoms with E-state index in [4.69, 9.17) is 18.0 Å². The molecule has 1 aromatic heterocycles. The molecule has 20 heavy (non-hydrogen) atoms. The van der Waals surface area contributed by atoms with Gasteiger partial charge in [-0.05, 0) is 25.5 Å². The number of thiocarbonyl (C=S) groups is 1. The number of halogens is 3. The van der Waals surface area contributed by atoms with Gasteiger partial charge in [-0.15, -0.1) is 0 Å². The monoisotopic (exact) mass is 305 g/mol. The lowest BCUT2D eigenvalue weighted by molar-refractivity contribution is -0.141. The van der Waals surface area contributed by atoms with E-state index >= 15 is 0 Å². The smallest absolute Gasteiger partial charge is 0.389 e. The number of nitrogens with two attached hydrogens (primary N) is 1. The fraction of sp³-hybridized carbons (Fsp3) is 0.538. The molecule has 0 aromatic carbocycles. The van der Waals surface area contributed by atoms with Crippen LogP contribution in [0.4, 0.5) is 19.0 Å². The molecule has 0 radical (unpaired) electrons. The van der Waals surface area contributed by atoms with Crippen LogP contribution in [0.25, 0.3) is 0 Å². The van der Waals surface area contributed by atoms with Crippen molar-refractivity contribution in [2.24, 2.45) is 5.73 Å². The first-order chi connectivity index (χ1) is 9.18. The standard InChI is InChI=1S/C13H18F3N3S/c1-4-5-8(2)19(3)12-9(11(17)20)6-7-10(18-12)13(14,15)16/h6-8H,4-5H2,1-3H3,(H2,17,20). The summed E-state index contributed by atoms with van der Waals surface area (Å²) >= 11 is 4.89. The van der Waals surface area contributed by atoms with Crippen LogP contribution in [0.5, 0.6) is 0 Å². The molecule has 112 valence electrons. The van der Waals surface area contributed by atoms with Crippen LogP contribution in [0, 0.1) is 0 Å². The summed E-state index contributed by atoms with van der Waals surface area (Å²) in [6, 6.07) is 2.22. The van der Waals surface area contributed by atoms with Crippen molar-refractivity contribution < 1.29 is 13.2 Å². The van der Waals surface area contributed by atoms with Gasteiger partial charge >= 0.3 is 6.18 Å². The average molecular weight is 305 g/mol. The van der Waals surface area contributed by atoms with Gasteiger partial charge in [0.05, 0.1) is 5.56 Å². The number of pyridine rings is 1. The van der Waals surface area contributed by atoms with Crippen LogP contribution in [0.2, 0.25) is 0 Å². The number of aromatic nitrogens is 1. The minimum atomic E-state index is -4.49. The van der Waals surface area contributed by atoms with Gasteiger partial charge in [0.15, 0.2) is 0 Å². The van der Waals surface area contributed by atoms with Crippen molar-refractivity contribution in [2.45, 2.75) is 38.9 Å². The summed E-state index contributed by atoms with van der Waals surface area (Å²) in [5.74, 6) is 0.174. The number of nitrogens with zero attached hydrogens (tertiary/aromatic N) is 2. The Morgan fingerprint density at radius 1 is 1.45 bits per heavy atom. The lowest BCUT2D eigenvalue weighted by Crippen LogP contribution is -2.32. The van der Waals surface area contributed by atoms with Gasteiger partial charge in [-0.25, -0.2) is 4.98 Å². The van der Waals surface area contributed by atoms with Crippen LogP contribution in [0.1, 0.15) is 37.9 Å². The van der Waals surface area contributed by atoms with E-state index in [0.717, 1.165) is 18.9 Å². The van der Waals surface area contributed by atoms with E-state index in [1.807, 2.05) is 13.8 Å². The van der Waals surface area contributed by atoms with E-state index in [1.165, 1.54) is 6.07 Å². The zero-order valence-electron chi connectivity index (χ0n) is 11.7. The predicted molar refractivity (Wildman–Crippen MR) is 77.9 cm³/mol. The fourth-order valence-electron chi connectivity index (χ4n) is 1.89. The zero-order chi connectivity index (χ0) is 15.5. The van der Waals surface area contributed by atoms with Gasteiger partial charge in [0, 0.05) is 13.1 Å². The Morgan fingerprint density at radius 2 is 2.05 bits per heavy atom. The van der Waals surface area contributed by atoms with Crippen LogP contribution in [0.15, 0.2) is 12.1 Å². The molecule has 0 fully saturated rings. The number of rotatable bonds is 5. The summed E-state index contributed by atoms with van der Waals surface area (Å²) in [6.45, 7) is 3.94. The Hall–Kier alpha value is -1.37. The Labute approximate surface area is 122 Å². The first kappa shape index (κ1) is 16.7. The molecule has 1 heterocycles. The molecule has 1 rings (SSSR count). The van der Waals surface area contributed by atoms with Crippen LogP contribution < -0.4 is 10.6 Å². The van der Waals surface area contributed by atoms with E-state index < -0.39 is 11.9 Å². The highest BCUT2D eigenvalue weighted by Gasteiger charge is 2.33.